The third kappa shape index (κ3) is 3.77. The monoisotopic (exact) mass is 340 g/mol. The van der Waals surface area contributed by atoms with Crippen LogP contribution in [-0.2, 0) is 11.3 Å². The van der Waals surface area contributed by atoms with Gasteiger partial charge in [0, 0.05) is 25.0 Å². The first kappa shape index (κ1) is 17.3. The number of nitrogens with zero attached hydrogens (tertiary/aromatic N) is 4. The highest BCUT2D eigenvalue weighted by Gasteiger charge is 2.35. The van der Waals surface area contributed by atoms with Gasteiger partial charge in [0.25, 0.3) is 0 Å². The predicted molar refractivity (Wildman–Crippen MR) is 86.5 cm³/mol. The lowest BCUT2D eigenvalue weighted by atomic mass is 9.78. The molecule has 3 rings (SSSR count). The van der Waals surface area contributed by atoms with Crippen molar-refractivity contribution in [1.29, 1.82) is 0 Å². The van der Waals surface area contributed by atoms with Gasteiger partial charge in [0.15, 0.2) is 0 Å². The molecule has 1 aliphatic carbocycles. The highest BCUT2D eigenvalue weighted by Crippen LogP contribution is 2.35. The van der Waals surface area contributed by atoms with E-state index in [0.29, 0.717) is 12.0 Å². The minimum atomic E-state index is -2.60. The van der Waals surface area contributed by atoms with Crippen molar-refractivity contribution in [3.8, 4) is 0 Å². The van der Waals surface area contributed by atoms with Crippen molar-refractivity contribution in [2.24, 2.45) is 5.92 Å². The van der Waals surface area contributed by atoms with Crippen molar-refractivity contribution in [1.82, 2.24) is 19.4 Å². The first-order valence-corrected chi connectivity index (χ1v) is 8.84. The predicted octanol–water partition coefficient (Wildman–Crippen LogP) is 2.89. The Morgan fingerprint density at radius 1 is 1.33 bits per heavy atom. The summed E-state index contributed by atoms with van der Waals surface area (Å²) in [5, 5.41) is 0. The Hall–Kier alpha value is -1.50. The van der Waals surface area contributed by atoms with Crippen molar-refractivity contribution in [3.63, 3.8) is 0 Å². The SMILES string of the molecule is CN(CC(=O)N1CCCC2CCCCC21)Cc1nccn1C(F)F. The van der Waals surface area contributed by atoms with Gasteiger partial charge in [-0.25, -0.2) is 4.98 Å². The second-order valence-corrected chi connectivity index (χ2v) is 7.04. The number of piperidine rings is 1. The van der Waals surface area contributed by atoms with E-state index in [1.54, 1.807) is 11.9 Å². The van der Waals surface area contributed by atoms with Gasteiger partial charge in [-0.15, -0.1) is 0 Å². The zero-order valence-electron chi connectivity index (χ0n) is 14.2. The second-order valence-electron chi connectivity index (χ2n) is 7.04. The molecule has 24 heavy (non-hydrogen) atoms. The maximum atomic E-state index is 12.9. The van der Waals surface area contributed by atoms with E-state index in [0.717, 1.165) is 24.0 Å². The van der Waals surface area contributed by atoms with Crippen molar-refractivity contribution >= 4 is 5.91 Å². The molecule has 0 spiro atoms. The molecule has 1 aromatic rings. The Labute approximate surface area is 141 Å². The molecule has 2 heterocycles. The lowest BCUT2D eigenvalue weighted by Crippen LogP contribution is -2.52. The molecule has 1 saturated heterocycles. The molecule has 2 aliphatic rings. The fraction of sp³-hybridized carbons (Fsp3) is 0.765. The number of carbonyl (C=O) groups is 1. The third-order valence-corrected chi connectivity index (χ3v) is 5.34. The van der Waals surface area contributed by atoms with E-state index in [1.807, 2.05) is 4.90 Å². The van der Waals surface area contributed by atoms with E-state index < -0.39 is 6.55 Å². The van der Waals surface area contributed by atoms with E-state index >= 15 is 0 Å². The van der Waals surface area contributed by atoms with E-state index in [1.165, 1.54) is 38.1 Å². The molecule has 5 nitrogen and oxygen atoms in total. The Bertz CT molecular complexity index is 561. The van der Waals surface area contributed by atoms with Crippen LogP contribution >= 0.6 is 0 Å². The Kier molecular flexibility index (Phi) is 5.48. The zero-order chi connectivity index (χ0) is 17.1. The Morgan fingerprint density at radius 3 is 2.88 bits per heavy atom. The normalized spacial score (nSPS) is 24.5. The van der Waals surface area contributed by atoms with E-state index in [4.69, 9.17) is 0 Å². The summed E-state index contributed by atoms with van der Waals surface area (Å²) in [7, 11) is 1.78. The lowest BCUT2D eigenvalue weighted by molar-refractivity contribution is -0.138. The lowest BCUT2D eigenvalue weighted by Gasteiger charge is -2.44. The molecule has 0 radical (unpaired) electrons. The number of aromatic nitrogens is 2. The third-order valence-electron chi connectivity index (χ3n) is 5.34. The summed E-state index contributed by atoms with van der Waals surface area (Å²) < 4.78 is 26.6. The highest BCUT2D eigenvalue weighted by atomic mass is 19.3. The largest absolute Gasteiger partial charge is 0.338 e. The Balaban J connectivity index is 1.58. The molecule has 0 aromatic carbocycles. The van der Waals surface area contributed by atoms with Gasteiger partial charge in [0.1, 0.15) is 5.82 Å². The van der Waals surface area contributed by atoms with Crippen molar-refractivity contribution < 1.29 is 13.6 Å². The quantitative estimate of drug-likeness (QED) is 0.828. The number of likely N-dealkylation sites (N-methyl/N-ethyl adjacent to an activating group) is 1. The Morgan fingerprint density at radius 2 is 2.08 bits per heavy atom. The fourth-order valence-corrected chi connectivity index (χ4v) is 4.20. The van der Waals surface area contributed by atoms with Gasteiger partial charge in [-0.05, 0) is 38.6 Å². The molecule has 2 fully saturated rings. The van der Waals surface area contributed by atoms with Crippen LogP contribution in [-0.4, -0.2) is 51.4 Å². The molecule has 1 aromatic heterocycles. The summed E-state index contributed by atoms with van der Waals surface area (Å²) in [5.41, 5.74) is 0. The second kappa shape index (κ2) is 7.59. The maximum absolute atomic E-state index is 12.9. The van der Waals surface area contributed by atoms with Crippen LogP contribution < -0.4 is 0 Å². The molecule has 0 N–H and O–H groups in total. The standard InChI is InChI=1S/C17H26F2N4O/c1-21(11-15-20-8-10-23(15)17(18)19)12-16(24)22-9-4-6-13-5-2-3-7-14(13)22/h8,10,13-14,17H,2-7,9,11-12H2,1H3. The van der Waals surface area contributed by atoms with Crippen LogP contribution in [0.4, 0.5) is 8.78 Å². The van der Waals surface area contributed by atoms with Gasteiger partial charge in [-0.3, -0.25) is 14.3 Å². The van der Waals surface area contributed by atoms with Crippen LogP contribution in [0.1, 0.15) is 50.9 Å². The van der Waals surface area contributed by atoms with E-state index in [2.05, 4.69) is 4.98 Å². The van der Waals surface area contributed by atoms with Crippen LogP contribution in [0, 0.1) is 5.92 Å². The van der Waals surface area contributed by atoms with Gasteiger partial charge in [-0.1, -0.05) is 12.8 Å². The molecule has 1 saturated carbocycles. The van der Waals surface area contributed by atoms with Gasteiger partial charge < -0.3 is 4.90 Å². The van der Waals surface area contributed by atoms with Crippen molar-refractivity contribution in [2.75, 3.05) is 20.1 Å². The fourth-order valence-electron chi connectivity index (χ4n) is 4.20. The zero-order valence-corrected chi connectivity index (χ0v) is 14.2. The summed E-state index contributed by atoms with van der Waals surface area (Å²) in [6.07, 6.45) is 9.77. The number of halogens is 2. The molecule has 7 heteroatoms. The first-order chi connectivity index (χ1) is 11.6. The highest BCUT2D eigenvalue weighted by molar-refractivity contribution is 5.78. The van der Waals surface area contributed by atoms with Crippen molar-refractivity contribution in [2.45, 2.75) is 57.7 Å². The molecular weight excluding hydrogens is 314 g/mol. The van der Waals surface area contributed by atoms with Crippen LogP contribution in [0.2, 0.25) is 0 Å². The van der Waals surface area contributed by atoms with Gasteiger partial charge >= 0.3 is 6.55 Å². The number of amides is 1. The minimum Gasteiger partial charge on any atom is -0.338 e. The minimum absolute atomic E-state index is 0.115. The van der Waals surface area contributed by atoms with Crippen LogP contribution in [0.15, 0.2) is 12.4 Å². The molecule has 2 atom stereocenters. The first-order valence-electron chi connectivity index (χ1n) is 8.84. The number of alkyl halides is 2. The molecule has 1 amide bonds. The van der Waals surface area contributed by atoms with Crippen LogP contribution in [0.25, 0.3) is 0 Å². The average molecular weight is 340 g/mol. The number of likely N-dealkylation sites (tertiary alicyclic amines) is 1. The van der Waals surface area contributed by atoms with E-state index in [-0.39, 0.29) is 24.8 Å². The summed E-state index contributed by atoms with van der Waals surface area (Å²) >= 11 is 0. The van der Waals surface area contributed by atoms with Crippen LogP contribution in [0.3, 0.4) is 0 Å². The average Bonchev–Trinajstić information content (AvgIpc) is 3.02. The van der Waals surface area contributed by atoms with E-state index in [9.17, 15) is 13.6 Å². The van der Waals surface area contributed by atoms with Gasteiger partial charge in [0.2, 0.25) is 5.91 Å². The summed E-state index contributed by atoms with van der Waals surface area (Å²) in [6.45, 7) is -1.28. The number of carbonyl (C=O) groups excluding carboxylic acids is 1. The number of hydrogen-bond donors (Lipinski definition) is 0. The number of fused-ring (bicyclic) bond motifs is 1. The number of imidazole rings is 1. The summed E-state index contributed by atoms with van der Waals surface area (Å²) in [6, 6.07) is 0.386. The number of hydrogen-bond acceptors (Lipinski definition) is 3. The molecule has 0 bridgehead atoms. The van der Waals surface area contributed by atoms with Gasteiger partial charge in [0.05, 0.1) is 13.1 Å². The smallest absolute Gasteiger partial charge is 0.319 e. The maximum Gasteiger partial charge on any atom is 0.319 e. The van der Waals surface area contributed by atoms with Crippen LogP contribution in [0.5, 0.6) is 0 Å². The molecular formula is C17H26F2N4O. The molecule has 1 aliphatic heterocycles. The van der Waals surface area contributed by atoms with Crippen molar-refractivity contribution in [3.05, 3.63) is 18.2 Å². The molecule has 134 valence electrons. The summed E-state index contributed by atoms with van der Waals surface area (Å²) in [4.78, 5) is 20.5. The molecule has 2 unspecified atom stereocenters. The van der Waals surface area contributed by atoms with Gasteiger partial charge in [-0.2, -0.15) is 8.78 Å². The number of rotatable bonds is 5. The topological polar surface area (TPSA) is 41.4 Å². The summed E-state index contributed by atoms with van der Waals surface area (Å²) in [5.74, 6) is 1.05.